The molecule has 0 unspecified atom stereocenters. The second-order valence-electron chi connectivity index (χ2n) is 16.3. The predicted octanol–water partition coefficient (Wildman–Crippen LogP) is 8.38. The van der Waals surface area contributed by atoms with Crippen LogP contribution < -0.4 is 35.8 Å². The van der Waals surface area contributed by atoms with E-state index in [9.17, 15) is 19.2 Å². The largest absolute Gasteiger partial charge is 0.500 e. The van der Waals surface area contributed by atoms with Crippen LogP contribution in [0.1, 0.15) is 79.6 Å². The average molecular weight is 803 g/mol. The molecule has 1 fully saturated rings. The van der Waals surface area contributed by atoms with Crippen LogP contribution in [0.25, 0.3) is 21.9 Å². The molecule has 59 heavy (non-hydrogen) atoms. The first-order valence-corrected chi connectivity index (χ1v) is 19.4. The van der Waals surface area contributed by atoms with E-state index in [-0.39, 0.29) is 28.2 Å². The third kappa shape index (κ3) is 5.93. The Hall–Kier alpha value is -6.30. The number of hydrogen-bond donors (Lipinski definition) is 0. The van der Waals surface area contributed by atoms with Gasteiger partial charge in [0.25, 0.3) is 0 Å². The zero-order valence-electron chi connectivity index (χ0n) is 34.5. The van der Waals surface area contributed by atoms with Crippen molar-refractivity contribution >= 4 is 27.7 Å². The summed E-state index contributed by atoms with van der Waals surface area (Å²) >= 11 is 0. The molecule has 5 aromatic rings. The fourth-order valence-corrected chi connectivity index (χ4v) is 10.8. The molecule has 3 aliphatic rings. The van der Waals surface area contributed by atoms with Gasteiger partial charge < -0.3 is 36.9 Å². The Kier molecular flexibility index (Phi) is 9.72. The van der Waals surface area contributed by atoms with E-state index in [2.05, 4.69) is 26.0 Å². The third-order valence-electron chi connectivity index (χ3n) is 12.6. The monoisotopic (exact) mass is 802 g/mol. The number of ether oxygens (including phenoxy) is 5. The molecule has 1 saturated carbocycles. The molecular weight excluding hydrogens is 757 g/mol. The normalized spacial score (nSPS) is 24.8. The summed E-state index contributed by atoms with van der Waals surface area (Å²) in [6.07, 6.45) is 6.92. The van der Waals surface area contributed by atoms with Crippen LogP contribution in [-0.2, 0) is 10.2 Å². The Labute approximate surface area is 339 Å². The first-order valence-electron chi connectivity index (χ1n) is 19.4. The summed E-state index contributed by atoms with van der Waals surface area (Å²) in [4.78, 5) is 54.3. The van der Waals surface area contributed by atoms with Gasteiger partial charge in [-0.05, 0) is 69.1 Å². The van der Waals surface area contributed by atoms with Gasteiger partial charge in [0.05, 0.1) is 51.9 Å². The van der Waals surface area contributed by atoms with Crippen LogP contribution in [0.3, 0.4) is 0 Å². The third-order valence-corrected chi connectivity index (χ3v) is 12.6. The van der Waals surface area contributed by atoms with Crippen molar-refractivity contribution < 1.29 is 41.7 Å². The fraction of sp³-hybridized carbons (Fsp3) is 0.362. The summed E-state index contributed by atoms with van der Waals surface area (Å²) in [5, 5.41) is 1.05. The molecule has 0 radical (unpaired) electrons. The van der Waals surface area contributed by atoms with Crippen LogP contribution in [0, 0.1) is 17.3 Å². The fourth-order valence-electron chi connectivity index (χ4n) is 10.8. The van der Waals surface area contributed by atoms with E-state index >= 15 is 0 Å². The maximum absolute atomic E-state index is 14.1. The van der Waals surface area contributed by atoms with Crippen LogP contribution in [0.4, 0.5) is 0 Å². The lowest BCUT2D eigenvalue weighted by Gasteiger charge is -2.62. The highest BCUT2D eigenvalue weighted by Crippen LogP contribution is 2.72. The second-order valence-corrected chi connectivity index (χ2v) is 16.3. The van der Waals surface area contributed by atoms with E-state index in [1.165, 1.54) is 58.8 Å². The maximum atomic E-state index is 14.1. The predicted molar refractivity (Wildman–Crippen MR) is 220 cm³/mol. The standard InChI is InChI=1S/C47H46O12/c1-23(2)16-25-22-46(4)21-24(3)17-29(39-33(54-7)19-31(52-5)27-11-14-36(49)57-43(27)39)41(46)42(40-34(55-8)20-32(53-6)28-12-15-37(50)58-44(28)40)47(25)35(56-9)18-30(48)26-10-13-38(51)59-45(26)47/h10-20,25,29,41-42H,21-22H2,1-9H3/t25-,29-,41+,42+,46+,47-/m0/s1. The van der Waals surface area contributed by atoms with Crippen LogP contribution in [0.15, 0.2) is 111 Å². The molecule has 3 aromatic heterocycles. The molecule has 6 atom stereocenters. The van der Waals surface area contributed by atoms with Gasteiger partial charge in [0, 0.05) is 59.4 Å². The molecule has 0 N–H and O–H groups in total. The summed E-state index contributed by atoms with van der Waals surface area (Å²) in [5.74, 6) is -0.975. The van der Waals surface area contributed by atoms with Crippen LogP contribution in [0.5, 0.6) is 23.0 Å². The van der Waals surface area contributed by atoms with Crippen molar-refractivity contribution in [2.45, 2.75) is 57.8 Å². The highest BCUT2D eigenvalue weighted by atomic mass is 16.5. The number of rotatable bonds is 8. The molecule has 0 bridgehead atoms. The summed E-state index contributed by atoms with van der Waals surface area (Å²) in [5.41, 5.74) is -0.140. The number of hydrogen-bond acceptors (Lipinski definition) is 12. The van der Waals surface area contributed by atoms with Gasteiger partial charge in [0.2, 0.25) is 0 Å². The van der Waals surface area contributed by atoms with Gasteiger partial charge in [-0.25, -0.2) is 14.4 Å². The Bertz CT molecular complexity index is 2830. The molecule has 0 saturated heterocycles. The Morgan fingerprint density at radius 3 is 1.81 bits per heavy atom. The first-order chi connectivity index (χ1) is 28.2. The van der Waals surface area contributed by atoms with E-state index in [1.807, 2.05) is 13.8 Å². The molecule has 8 rings (SSSR count). The van der Waals surface area contributed by atoms with Gasteiger partial charge in [-0.3, -0.25) is 4.79 Å². The van der Waals surface area contributed by atoms with Gasteiger partial charge in [-0.2, -0.15) is 0 Å². The van der Waals surface area contributed by atoms with E-state index in [1.54, 1.807) is 31.4 Å². The lowest BCUT2D eigenvalue weighted by Crippen LogP contribution is -2.58. The molecular formula is C47H46O12. The van der Waals surface area contributed by atoms with Crippen LogP contribution in [-0.4, -0.2) is 41.3 Å². The number of carbonyl (C=O) groups is 1. The molecule has 12 nitrogen and oxygen atoms in total. The summed E-state index contributed by atoms with van der Waals surface area (Å²) in [6.45, 7) is 8.30. The van der Waals surface area contributed by atoms with E-state index in [0.29, 0.717) is 57.7 Å². The Morgan fingerprint density at radius 1 is 0.712 bits per heavy atom. The molecule has 2 aromatic carbocycles. The topological polar surface area (TPSA) is 154 Å². The molecule has 0 amide bonds. The van der Waals surface area contributed by atoms with Crippen molar-refractivity contribution in [2.75, 3.05) is 35.5 Å². The minimum Gasteiger partial charge on any atom is -0.500 e. The number of fused-ring (bicyclic) bond motifs is 5. The lowest BCUT2D eigenvalue weighted by atomic mass is 9.40. The highest BCUT2D eigenvalue weighted by Gasteiger charge is 2.68. The number of allylic oxidation sites excluding steroid dienone is 6. The number of methoxy groups -OCH3 is 5. The minimum atomic E-state index is -1.46. The molecule has 306 valence electrons. The number of carbonyl (C=O) groups excluding carboxylic acids is 1. The highest BCUT2D eigenvalue weighted by molar-refractivity contribution is 6.07. The van der Waals surface area contributed by atoms with E-state index in [0.717, 1.165) is 11.1 Å². The smallest absolute Gasteiger partial charge is 0.336 e. The maximum Gasteiger partial charge on any atom is 0.336 e. The van der Waals surface area contributed by atoms with Crippen molar-refractivity contribution in [3.8, 4) is 23.0 Å². The van der Waals surface area contributed by atoms with Crippen molar-refractivity contribution in [1.29, 1.82) is 0 Å². The molecule has 3 aliphatic carbocycles. The zero-order valence-corrected chi connectivity index (χ0v) is 34.5. The van der Waals surface area contributed by atoms with Crippen molar-refractivity contribution in [3.63, 3.8) is 0 Å². The van der Waals surface area contributed by atoms with Crippen molar-refractivity contribution in [2.24, 2.45) is 17.3 Å². The quantitative estimate of drug-likeness (QED) is 0.109. The molecule has 12 heteroatoms. The minimum absolute atomic E-state index is 0.122. The molecule has 3 heterocycles. The Balaban J connectivity index is 1.64. The number of benzene rings is 2. The van der Waals surface area contributed by atoms with Gasteiger partial charge >= 0.3 is 16.9 Å². The zero-order chi connectivity index (χ0) is 42.1. The number of ketones is 1. The average Bonchev–Trinajstić information content (AvgIpc) is 3.20. The van der Waals surface area contributed by atoms with Gasteiger partial charge in [-0.15, -0.1) is 0 Å². The first kappa shape index (κ1) is 39.5. The van der Waals surface area contributed by atoms with Crippen molar-refractivity contribution in [3.05, 3.63) is 137 Å². The van der Waals surface area contributed by atoms with Crippen LogP contribution >= 0.6 is 0 Å². The lowest BCUT2D eigenvalue weighted by molar-refractivity contribution is -0.0270. The van der Waals surface area contributed by atoms with E-state index in [4.69, 9.17) is 36.9 Å². The summed E-state index contributed by atoms with van der Waals surface area (Å²) in [7, 11) is 7.63. The summed E-state index contributed by atoms with van der Waals surface area (Å²) in [6, 6.07) is 12.3. The van der Waals surface area contributed by atoms with Crippen molar-refractivity contribution in [1.82, 2.24) is 0 Å². The van der Waals surface area contributed by atoms with Gasteiger partial charge in [0.1, 0.15) is 51.1 Å². The van der Waals surface area contributed by atoms with Gasteiger partial charge in [-0.1, -0.05) is 30.2 Å². The second kappa shape index (κ2) is 14.5. The molecule has 0 aliphatic heterocycles. The SMILES string of the molecule is COC1=CC(=O)c2ccc(=O)oc2[C@]12[C@H](c1c(OC)cc(OC)c3ccc(=O)oc13)[C@H]1[C@H](c3c(OC)cc(OC)c4ccc(=O)oc34)C=C(C)C[C@]1(C)C[C@@H]2C=C(C)C. The summed E-state index contributed by atoms with van der Waals surface area (Å²) < 4.78 is 49.2. The van der Waals surface area contributed by atoms with Crippen LogP contribution in [0.2, 0.25) is 0 Å². The Morgan fingerprint density at radius 2 is 1.25 bits per heavy atom. The van der Waals surface area contributed by atoms with Gasteiger partial charge in [0.15, 0.2) is 5.78 Å². The molecule has 1 spiro atoms. The van der Waals surface area contributed by atoms with E-state index < -0.39 is 57.2 Å².